The molecular weight excluding hydrogens is 412 g/mol. The van der Waals surface area contributed by atoms with E-state index in [1.165, 1.54) is 0 Å². The molecule has 0 spiro atoms. The Kier molecular flexibility index (Phi) is 4.85. The number of rotatable bonds is 3. The number of methoxy groups -OCH3 is 2. The van der Waals surface area contributed by atoms with Gasteiger partial charge in [-0.1, -0.05) is 6.07 Å². The van der Waals surface area contributed by atoms with E-state index in [1.54, 1.807) is 14.2 Å². The van der Waals surface area contributed by atoms with Crippen molar-refractivity contribution >= 4 is 15.9 Å². The summed E-state index contributed by atoms with van der Waals surface area (Å²) < 4.78 is 22.7. The van der Waals surface area contributed by atoms with E-state index in [0.717, 1.165) is 39.9 Å². The maximum atomic E-state index is 10.0. The molecule has 7 heteroatoms. The third-order valence-electron chi connectivity index (χ3n) is 5.05. The number of nitriles is 1. The molecule has 6 nitrogen and oxygen atoms in total. The second kappa shape index (κ2) is 7.29. The van der Waals surface area contributed by atoms with E-state index in [9.17, 15) is 5.26 Å². The lowest BCUT2D eigenvalue weighted by Crippen LogP contribution is -2.26. The van der Waals surface area contributed by atoms with E-state index >= 15 is 0 Å². The number of benzene rings is 2. The molecule has 2 aromatic rings. The summed E-state index contributed by atoms with van der Waals surface area (Å²) in [6.07, 6.45) is 0.811. The maximum absolute atomic E-state index is 10.0. The quantitative estimate of drug-likeness (QED) is 0.800. The summed E-state index contributed by atoms with van der Waals surface area (Å²) in [6, 6.07) is 10.0. The number of ether oxygens (including phenoxy) is 4. The van der Waals surface area contributed by atoms with Crippen LogP contribution in [0.1, 0.15) is 28.7 Å². The van der Waals surface area contributed by atoms with E-state index in [1.807, 2.05) is 24.3 Å². The molecule has 2 unspecified atom stereocenters. The van der Waals surface area contributed by atoms with Crippen molar-refractivity contribution in [3.63, 3.8) is 0 Å². The van der Waals surface area contributed by atoms with Crippen LogP contribution < -0.4 is 24.3 Å². The summed E-state index contributed by atoms with van der Waals surface area (Å²) in [6.45, 7) is 0.967. The minimum atomic E-state index is -0.383. The Morgan fingerprint density at radius 1 is 1.15 bits per heavy atom. The molecule has 2 aromatic carbocycles. The highest BCUT2D eigenvalue weighted by Gasteiger charge is 2.33. The molecule has 4 rings (SSSR count). The van der Waals surface area contributed by atoms with Crippen LogP contribution in [0, 0.1) is 11.3 Å². The van der Waals surface area contributed by atoms with Gasteiger partial charge in [-0.05, 0) is 63.8 Å². The van der Waals surface area contributed by atoms with Crippen LogP contribution in [-0.2, 0) is 6.42 Å². The van der Waals surface area contributed by atoms with Gasteiger partial charge in [-0.3, -0.25) is 0 Å². The van der Waals surface area contributed by atoms with Crippen LogP contribution in [0.25, 0.3) is 0 Å². The van der Waals surface area contributed by atoms with E-state index < -0.39 is 0 Å². The lowest BCUT2D eigenvalue weighted by atomic mass is 9.86. The van der Waals surface area contributed by atoms with Crippen molar-refractivity contribution in [2.75, 3.05) is 27.6 Å². The lowest BCUT2D eigenvalue weighted by Gasteiger charge is -2.25. The van der Waals surface area contributed by atoms with Gasteiger partial charge in [0.05, 0.1) is 36.7 Å². The van der Waals surface area contributed by atoms with Gasteiger partial charge in [0.15, 0.2) is 23.0 Å². The van der Waals surface area contributed by atoms with E-state index in [-0.39, 0.29) is 18.8 Å². The zero-order chi connectivity index (χ0) is 19.0. The summed E-state index contributed by atoms with van der Waals surface area (Å²) in [7, 11) is 3.20. The molecule has 0 amide bonds. The number of hydrogen-bond acceptors (Lipinski definition) is 6. The van der Waals surface area contributed by atoms with Gasteiger partial charge < -0.3 is 24.3 Å². The maximum Gasteiger partial charge on any atom is 0.231 e. The Bertz CT molecular complexity index is 925. The van der Waals surface area contributed by atoms with Crippen LogP contribution in [0.15, 0.2) is 28.7 Å². The Morgan fingerprint density at radius 3 is 2.63 bits per heavy atom. The van der Waals surface area contributed by atoms with Gasteiger partial charge in [-0.25, -0.2) is 0 Å². The third kappa shape index (κ3) is 2.99. The van der Waals surface area contributed by atoms with Gasteiger partial charge in [-0.2, -0.15) is 5.26 Å². The number of fused-ring (bicyclic) bond motifs is 2. The van der Waals surface area contributed by atoms with Gasteiger partial charge in [0.2, 0.25) is 6.79 Å². The summed E-state index contributed by atoms with van der Waals surface area (Å²) in [5.41, 5.74) is 3.03. The van der Waals surface area contributed by atoms with Crippen LogP contribution >= 0.6 is 15.9 Å². The third-order valence-corrected chi connectivity index (χ3v) is 5.87. The lowest BCUT2D eigenvalue weighted by molar-refractivity contribution is 0.174. The monoisotopic (exact) mass is 430 g/mol. The first-order valence-corrected chi connectivity index (χ1v) is 9.43. The van der Waals surface area contributed by atoms with Crippen molar-refractivity contribution in [1.82, 2.24) is 5.32 Å². The number of nitrogens with zero attached hydrogens (tertiary/aromatic N) is 1. The fourth-order valence-electron chi connectivity index (χ4n) is 3.74. The standard InChI is InChI=1S/C20H19BrN2O4/c1-24-15-4-3-12(18(21)20(15)25-2)19-14(9-22)13-8-17-16(26-10-27-17)7-11(13)5-6-23-19/h3-4,7-8,14,19,23H,5-6,10H2,1-2H3. The summed E-state index contributed by atoms with van der Waals surface area (Å²) in [5, 5.41) is 13.5. The van der Waals surface area contributed by atoms with Gasteiger partial charge in [0, 0.05) is 0 Å². The molecule has 140 valence electrons. The van der Waals surface area contributed by atoms with Crippen molar-refractivity contribution in [2.45, 2.75) is 18.4 Å². The van der Waals surface area contributed by atoms with Crippen LogP contribution in [0.4, 0.5) is 0 Å². The molecule has 0 saturated heterocycles. The molecule has 2 aliphatic rings. The fraction of sp³-hybridized carbons (Fsp3) is 0.350. The minimum absolute atomic E-state index is 0.203. The summed E-state index contributed by atoms with van der Waals surface area (Å²) in [5.74, 6) is 2.31. The zero-order valence-corrected chi connectivity index (χ0v) is 16.6. The second-order valence-electron chi connectivity index (χ2n) is 6.40. The van der Waals surface area contributed by atoms with Crippen LogP contribution in [0.2, 0.25) is 0 Å². The highest BCUT2D eigenvalue weighted by atomic mass is 79.9. The van der Waals surface area contributed by atoms with Crippen LogP contribution in [-0.4, -0.2) is 27.6 Å². The Labute approximate surface area is 166 Å². The molecule has 2 heterocycles. The molecule has 27 heavy (non-hydrogen) atoms. The molecular formula is C20H19BrN2O4. The first kappa shape index (κ1) is 18.0. The normalized spacial score (nSPS) is 20.4. The van der Waals surface area contributed by atoms with Crippen molar-refractivity contribution in [3.8, 4) is 29.1 Å². The first-order chi connectivity index (χ1) is 13.2. The van der Waals surface area contributed by atoms with Crippen molar-refractivity contribution in [2.24, 2.45) is 0 Å². The Balaban J connectivity index is 1.81. The average molecular weight is 431 g/mol. The number of halogens is 1. The molecule has 0 radical (unpaired) electrons. The highest BCUT2D eigenvalue weighted by Crippen LogP contribution is 2.46. The molecule has 1 N–H and O–H groups in total. The minimum Gasteiger partial charge on any atom is -0.493 e. The highest BCUT2D eigenvalue weighted by molar-refractivity contribution is 9.10. The van der Waals surface area contributed by atoms with Gasteiger partial charge in [0.25, 0.3) is 0 Å². The average Bonchev–Trinajstić information content (AvgIpc) is 3.06. The molecule has 0 fully saturated rings. The molecule has 0 bridgehead atoms. The molecule has 2 aliphatic heterocycles. The Hall–Kier alpha value is -2.43. The molecule has 0 aliphatic carbocycles. The molecule has 2 atom stereocenters. The van der Waals surface area contributed by atoms with E-state index in [4.69, 9.17) is 18.9 Å². The van der Waals surface area contributed by atoms with Gasteiger partial charge >= 0.3 is 0 Å². The van der Waals surface area contributed by atoms with Crippen molar-refractivity contribution in [3.05, 3.63) is 45.4 Å². The number of nitrogens with one attached hydrogen (secondary N) is 1. The fourth-order valence-corrected chi connectivity index (χ4v) is 4.48. The zero-order valence-electron chi connectivity index (χ0n) is 15.0. The second-order valence-corrected chi connectivity index (χ2v) is 7.19. The predicted molar refractivity (Wildman–Crippen MR) is 103 cm³/mol. The Morgan fingerprint density at radius 2 is 1.93 bits per heavy atom. The first-order valence-electron chi connectivity index (χ1n) is 8.63. The largest absolute Gasteiger partial charge is 0.493 e. The molecule has 0 aromatic heterocycles. The van der Waals surface area contributed by atoms with Crippen molar-refractivity contribution in [1.29, 1.82) is 5.26 Å². The summed E-state index contributed by atoms with van der Waals surface area (Å²) >= 11 is 3.64. The van der Waals surface area contributed by atoms with E-state index in [0.29, 0.717) is 17.2 Å². The smallest absolute Gasteiger partial charge is 0.231 e. The van der Waals surface area contributed by atoms with E-state index in [2.05, 4.69) is 27.3 Å². The van der Waals surface area contributed by atoms with Gasteiger partial charge in [-0.15, -0.1) is 0 Å². The van der Waals surface area contributed by atoms with Crippen LogP contribution in [0.5, 0.6) is 23.0 Å². The number of hydrogen-bond donors (Lipinski definition) is 1. The van der Waals surface area contributed by atoms with Crippen molar-refractivity contribution < 1.29 is 18.9 Å². The summed E-state index contributed by atoms with van der Waals surface area (Å²) in [4.78, 5) is 0. The van der Waals surface area contributed by atoms with Gasteiger partial charge in [0.1, 0.15) is 0 Å². The van der Waals surface area contributed by atoms with Crippen LogP contribution in [0.3, 0.4) is 0 Å². The molecule has 0 saturated carbocycles. The predicted octanol–water partition coefficient (Wildman–Crippen LogP) is 3.69. The topological polar surface area (TPSA) is 72.7 Å². The SMILES string of the molecule is COc1ccc(C2NCCc3cc4c(cc3C2C#N)OCO4)c(Br)c1OC.